The number of imidazole rings is 1. The molecular weight excluding hydrogens is 195 g/mol. The van der Waals surface area contributed by atoms with Crippen molar-refractivity contribution < 1.29 is 0 Å². The zero-order valence-electron chi connectivity index (χ0n) is 6.14. The van der Waals surface area contributed by atoms with Gasteiger partial charge in [-0.3, -0.25) is 0 Å². The summed E-state index contributed by atoms with van der Waals surface area (Å²) in [6.07, 6.45) is 1.62. The van der Waals surface area contributed by atoms with Gasteiger partial charge >= 0.3 is 0 Å². The third-order valence-electron chi connectivity index (χ3n) is 1.75. The van der Waals surface area contributed by atoms with Crippen LogP contribution in [0.3, 0.4) is 0 Å². The summed E-state index contributed by atoms with van der Waals surface area (Å²) in [5.74, 6) is 0.418. The van der Waals surface area contributed by atoms with Gasteiger partial charge in [0.25, 0.3) is 0 Å². The summed E-state index contributed by atoms with van der Waals surface area (Å²) in [7, 11) is 0. The Kier molecular flexibility index (Phi) is 1.95. The number of hydrogen-bond acceptors (Lipinski definition) is 1. The van der Waals surface area contributed by atoms with Crippen molar-refractivity contribution in [2.24, 2.45) is 0 Å². The predicted octanol–water partition coefficient (Wildman–Crippen LogP) is 2.96. The van der Waals surface area contributed by atoms with Gasteiger partial charge in [0.2, 0.25) is 0 Å². The van der Waals surface area contributed by atoms with E-state index in [-0.39, 0.29) is 0 Å². The van der Waals surface area contributed by atoms with Gasteiger partial charge in [-0.05, 0) is 11.6 Å². The molecule has 0 atom stereocenters. The van der Waals surface area contributed by atoms with Crippen molar-refractivity contribution >= 4 is 34.2 Å². The lowest BCUT2D eigenvalue weighted by Crippen LogP contribution is -1.81. The standard InChI is InChI=1S/C8H6Cl2N2/c9-3-5-1-2-6-8(7(5)10)12-4-11-6/h1-2,4H,3H2,(H,11,12). The summed E-state index contributed by atoms with van der Waals surface area (Å²) >= 11 is 11.7. The van der Waals surface area contributed by atoms with Crippen molar-refractivity contribution in [1.29, 1.82) is 0 Å². The maximum atomic E-state index is 6.02. The van der Waals surface area contributed by atoms with E-state index < -0.39 is 0 Å². The number of aromatic amines is 1. The highest BCUT2D eigenvalue weighted by molar-refractivity contribution is 6.36. The molecule has 1 aromatic heterocycles. The average molecular weight is 201 g/mol. The van der Waals surface area contributed by atoms with Gasteiger partial charge in [0.05, 0.1) is 16.9 Å². The van der Waals surface area contributed by atoms with Crippen LogP contribution in [0.5, 0.6) is 0 Å². The van der Waals surface area contributed by atoms with E-state index >= 15 is 0 Å². The molecule has 0 saturated heterocycles. The lowest BCUT2D eigenvalue weighted by molar-refractivity contribution is 1.34. The number of H-pyrrole nitrogens is 1. The van der Waals surface area contributed by atoms with Crippen molar-refractivity contribution in [1.82, 2.24) is 9.97 Å². The number of fused-ring (bicyclic) bond motifs is 1. The van der Waals surface area contributed by atoms with Gasteiger partial charge in [0, 0.05) is 5.88 Å². The van der Waals surface area contributed by atoms with Crippen molar-refractivity contribution in [3.8, 4) is 0 Å². The number of rotatable bonds is 1. The first-order valence-electron chi connectivity index (χ1n) is 3.49. The molecule has 1 heterocycles. The molecule has 0 aliphatic rings. The average Bonchev–Trinajstić information content (AvgIpc) is 2.53. The van der Waals surface area contributed by atoms with Crippen LogP contribution in [0.4, 0.5) is 0 Å². The van der Waals surface area contributed by atoms with E-state index in [1.807, 2.05) is 12.1 Å². The third-order valence-corrected chi connectivity index (χ3v) is 2.46. The molecule has 12 heavy (non-hydrogen) atoms. The van der Waals surface area contributed by atoms with Crippen molar-refractivity contribution in [3.63, 3.8) is 0 Å². The Morgan fingerprint density at radius 2 is 2.25 bits per heavy atom. The second-order valence-corrected chi connectivity index (χ2v) is 3.12. The Bertz CT molecular complexity index is 408. The van der Waals surface area contributed by atoms with Crippen molar-refractivity contribution in [3.05, 3.63) is 29.0 Å². The highest BCUT2D eigenvalue weighted by atomic mass is 35.5. The normalized spacial score (nSPS) is 10.8. The van der Waals surface area contributed by atoms with Gasteiger partial charge in [-0.15, -0.1) is 11.6 Å². The van der Waals surface area contributed by atoms with Crippen molar-refractivity contribution in [2.45, 2.75) is 5.88 Å². The van der Waals surface area contributed by atoms with Crippen LogP contribution in [0, 0.1) is 0 Å². The van der Waals surface area contributed by atoms with E-state index in [0.29, 0.717) is 10.9 Å². The Hall–Kier alpha value is -0.730. The first-order chi connectivity index (χ1) is 5.83. The van der Waals surface area contributed by atoms with E-state index in [0.717, 1.165) is 16.6 Å². The Labute approximate surface area is 79.5 Å². The quantitative estimate of drug-likeness (QED) is 0.706. The number of halogens is 2. The molecule has 4 heteroatoms. The van der Waals surface area contributed by atoms with Gasteiger partial charge in [-0.1, -0.05) is 17.7 Å². The lowest BCUT2D eigenvalue weighted by atomic mass is 10.2. The molecule has 1 aromatic carbocycles. The molecule has 0 radical (unpaired) electrons. The fourth-order valence-electron chi connectivity index (χ4n) is 1.12. The molecule has 0 bridgehead atoms. The molecule has 0 aliphatic heterocycles. The maximum Gasteiger partial charge on any atom is 0.107 e. The fourth-order valence-corrected chi connectivity index (χ4v) is 1.69. The minimum absolute atomic E-state index is 0.418. The second-order valence-electron chi connectivity index (χ2n) is 2.47. The molecule has 2 rings (SSSR count). The van der Waals surface area contributed by atoms with Gasteiger partial charge in [-0.2, -0.15) is 0 Å². The van der Waals surface area contributed by atoms with Crippen LogP contribution in [-0.2, 0) is 5.88 Å². The van der Waals surface area contributed by atoms with Gasteiger partial charge in [0.1, 0.15) is 5.52 Å². The predicted molar refractivity (Wildman–Crippen MR) is 50.7 cm³/mol. The van der Waals surface area contributed by atoms with Crippen LogP contribution < -0.4 is 0 Å². The van der Waals surface area contributed by atoms with Crippen LogP contribution in [0.2, 0.25) is 5.02 Å². The summed E-state index contributed by atoms with van der Waals surface area (Å²) in [6, 6.07) is 3.82. The summed E-state index contributed by atoms with van der Waals surface area (Å²) in [6.45, 7) is 0. The van der Waals surface area contributed by atoms with Crippen LogP contribution in [0.15, 0.2) is 18.5 Å². The van der Waals surface area contributed by atoms with E-state index in [2.05, 4.69) is 9.97 Å². The molecule has 2 nitrogen and oxygen atoms in total. The van der Waals surface area contributed by atoms with Gasteiger partial charge < -0.3 is 4.98 Å². The molecular formula is C8H6Cl2N2. The first kappa shape index (κ1) is 7.90. The fraction of sp³-hybridized carbons (Fsp3) is 0.125. The molecule has 1 N–H and O–H groups in total. The molecule has 0 unspecified atom stereocenters. The molecule has 0 fully saturated rings. The number of nitrogens with zero attached hydrogens (tertiary/aromatic N) is 1. The van der Waals surface area contributed by atoms with Gasteiger partial charge in [-0.25, -0.2) is 4.98 Å². The monoisotopic (exact) mass is 200 g/mol. The summed E-state index contributed by atoms with van der Waals surface area (Å²) in [5, 5.41) is 0.642. The molecule has 62 valence electrons. The van der Waals surface area contributed by atoms with E-state index in [9.17, 15) is 0 Å². The molecule has 2 aromatic rings. The molecule has 0 spiro atoms. The highest BCUT2D eigenvalue weighted by Crippen LogP contribution is 2.25. The van der Waals surface area contributed by atoms with E-state index in [4.69, 9.17) is 23.2 Å². The second kappa shape index (κ2) is 2.96. The van der Waals surface area contributed by atoms with Crippen LogP contribution in [0.25, 0.3) is 11.0 Å². The van der Waals surface area contributed by atoms with E-state index in [1.165, 1.54) is 0 Å². The Morgan fingerprint density at radius 3 is 3.00 bits per heavy atom. The van der Waals surface area contributed by atoms with Crippen molar-refractivity contribution in [2.75, 3.05) is 0 Å². The van der Waals surface area contributed by atoms with Crippen LogP contribution >= 0.6 is 23.2 Å². The number of alkyl halides is 1. The minimum atomic E-state index is 0.418. The number of aromatic nitrogens is 2. The third kappa shape index (κ3) is 1.08. The number of hydrogen-bond donors (Lipinski definition) is 1. The maximum absolute atomic E-state index is 6.02. The summed E-state index contributed by atoms with van der Waals surface area (Å²) in [4.78, 5) is 7.05. The Balaban J connectivity index is 2.78. The molecule has 0 saturated carbocycles. The zero-order chi connectivity index (χ0) is 8.55. The Morgan fingerprint density at radius 1 is 1.42 bits per heavy atom. The summed E-state index contributed by atoms with van der Waals surface area (Å²) < 4.78 is 0. The number of nitrogens with one attached hydrogen (secondary N) is 1. The molecule has 0 amide bonds. The number of benzene rings is 1. The lowest BCUT2D eigenvalue weighted by Gasteiger charge is -1.98. The van der Waals surface area contributed by atoms with Crippen LogP contribution in [0.1, 0.15) is 5.56 Å². The largest absolute Gasteiger partial charge is 0.345 e. The smallest absolute Gasteiger partial charge is 0.107 e. The van der Waals surface area contributed by atoms with Gasteiger partial charge in [0.15, 0.2) is 0 Å². The molecule has 0 aliphatic carbocycles. The first-order valence-corrected chi connectivity index (χ1v) is 4.40. The minimum Gasteiger partial charge on any atom is -0.345 e. The van der Waals surface area contributed by atoms with E-state index in [1.54, 1.807) is 6.33 Å². The summed E-state index contributed by atoms with van der Waals surface area (Å²) in [5.41, 5.74) is 2.64. The van der Waals surface area contributed by atoms with Crippen LogP contribution in [-0.4, -0.2) is 9.97 Å². The SMILES string of the molecule is ClCc1ccc2[nH]cnc2c1Cl. The zero-order valence-corrected chi connectivity index (χ0v) is 7.65. The topological polar surface area (TPSA) is 28.7 Å². The highest BCUT2D eigenvalue weighted by Gasteiger charge is 2.05.